The van der Waals surface area contributed by atoms with E-state index in [4.69, 9.17) is 10.9 Å². The van der Waals surface area contributed by atoms with Crippen LogP contribution in [-0.4, -0.2) is 35.9 Å². The molecule has 0 unspecified atom stereocenters. The minimum absolute atomic E-state index is 0. The smallest absolute Gasteiger partial charge is 0.267 e. The second kappa shape index (κ2) is 10.5. The van der Waals surface area contributed by atoms with Crippen molar-refractivity contribution in [1.29, 1.82) is 0 Å². The number of amides is 2. The van der Waals surface area contributed by atoms with Gasteiger partial charge < -0.3 is 11.1 Å². The van der Waals surface area contributed by atoms with Crippen LogP contribution in [0.4, 0.5) is 0 Å². The summed E-state index contributed by atoms with van der Waals surface area (Å²) in [5.74, 6) is 4.64. The average Bonchev–Trinajstić information content (AvgIpc) is 2.70. The predicted octanol–water partition coefficient (Wildman–Crippen LogP) is 1.10. The van der Waals surface area contributed by atoms with E-state index >= 15 is 0 Å². The fraction of sp³-hybridized carbons (Fsp3) is 0.150. The first-order chi connectivity index (χ1) is 12.6. The summed E-state index contributed by atoms with van der Waals surface area (Å²) >= 11 is 0. The summed E-state index contributed by atoms with van der Waals surface area (Å²) in [5.41, 5.74) is 9.21. The standard InChI is InChI=1S/C19H17N3O4.CH4/c20-11-17(19(25)22-26)21-18(24)16-9-7-14(8-10-16)2-1-13-3-5-15(12-23)6-4-13;/h3-10,12,17,26H,11,20H2,(H,21,24)(H,22,25);1H4/t17-;/m0./s1. The molecular formula is C20H21N3O4. The number of carbonyl (C=O) groups excluding carboxylic acids is 3. The van der Waals surface area contributed by atoms with Crippen molar-refractivity contribution in [3.8, 4) is 11.8 Å². The first-order valence-corrected chi connectivity index (χ1v) is 7.69. The second-order valence-corrected chi connectivity index (χ2v) is 5.31. The Morgan fingerprint density at radius 3 is 2.00 bits per heavy atom. The van der Waals surface area contributed by atoms with Gasteiger partial charge in [0.05, 0.1) is 0 Å². The maximum Gasteiger partial charge on any atom is 0.267 e. The molecule has 0 radical (unpaired) electrons. The quantitative estimate of drug-likeness (QED) is 0.273. The highest BCUT2D eigenvalue weighted by molar-refractivity contribution is 5.97. The van der Waals surface area contributed by atoms with Gasteiger partial charge in [-0.2, -0.15) is 0 Å². The van der Waals surface area contributed by atoms with Crippen molar-refractivity contribution in [2.24, 2.45) is 5.73 Å². The summed E-state index contributed by atoms with van der Waals surface area (Å²) < 4.78 is 0. The third-order valence-electron chi connectivity index (χ3n) is 3.51. The Labute approximate surface area is 157 Å². The van der Waals surface area contributed by atoms with E-state index in [1.807, 2.05) is 0 Å². The van der Waals surface area contributed by atoms with Crippen LogP contribution in [0.15, 0.2) is 48.5 Å². The van der Waals surface area contributed by atoms with Crippen LogP contribution in [0.25, 0.3) is 0 Å². The lowest BCUT2D eigenvalue weighted by Crippen LogP contribution is -2.50. The van der Waals surface area contributed by atoms with Crippen LogP contribution in [0, 0.1) is 11.8 Å². The van der Waals surface area contributed by atoms with Gasteiger partial charge in [-0.15, -0.1) is 0 Å². The molecular weight excluding hydrogens is 346 g/mol. The zero-order valence-corrected chi connectivity index (χ0v) is 13.7. The molecule has 2 aromatic rings. The number of hydroxylamine groups is 1. The summed E-state index contributed by atoms with van der Waals surface area (Å²) in [6, 6.07) is 12.3. The summed E-state index contributed by atoms with van der Waals surface area (Å²) in [5, 5.41) is 11.0. The number of rotatable bonds is 5. The lowest BCUT2D eigenvalue weighted by atomic mass is 10.1. The molecule has 0 aromatic heterocycles. The molecule has 2 aromatic carbocycles. The Balaban J connectivity index is 0.00000364. The Kier molecular flexibility index (Phi) is 8.39. The molecule has 0 saturated carbocycles. The average molecular weight is 367 g/mol. The number of benzene rings is 2. The van der Waals surface area contributed by atoms with Gasteiger partial charge in [-0.05, 0) is 36.4 Å². The fourth-order valence-electron chi connectivity index (χ4n) is 2.05. The molecule has 0 bridgehead atoms. The molecule has 27 heavy (non-hydrogen) atoms. The summed E-state index contributed by atoms with van der Waals surface area (Å²) in [4.78, 5) is 34.0. The first kappa shape index (κ1) is 21.6. The molecule has 0 heterocycles. The van der Waals surface area contributed by atoms with Gasteiger partial charge >= 0.3 is 0 Å². The van der Waals surface area contributed by atoms with E-state index in [0.717, 1.165) is 11.8 Å². The number of nitrogens with one attached hydrogen (secondary N) is 2. The Hall–Kier alpha value is -3.47. The van der Waals surface area contributed by atoms with Gasteiger partial charge in [0.15, 0.2) is 0 Å². The fourth-order valence-corrected chi connectivity index (χ4v) is 2.05. The monoisotopic (exact) mass is 367 g/mol. The molecule has 0 spiro atoms. The summed E-state index contributed by atoms with van der Waals surface area (Å²) in [6.07, 6.45) is 0.764. The molecule has 2 rings (SSSR count). The van der Waals surface area contributed by atoms with Gasteiger partial charge in [0.25, 0.3) is 11.8 Å². The van der Waals surface area contributed by atoms with Crippen molar-refractivity contribution >= 4 is 18.1 Å². The molecule has 0 aliphatic rings. The van der Waals surface area contributed by atoms with E-state index < -0.39 is 17.9 Å². The Morgan fingerprint density at radius 1 is 1.04 bits per heavy atom. The van der Waals surface area contributed by atoms with E-state index in [9.17, 15) is 14.4 Å². The van der Waals surface area contributed by atoms with Crippen molar-refractivity contribution in [2.45, 2.75) is 13.5 Å². The summed E-state index contributed by atoms with van der Waals surface area (Å²) in [6.45, 7) is -0.148. The molecule has 7 heteroatoms. The maximum absolute atomic E-state index is 12.1. The zero-order valence-electron chi connectivity index (χ0n) is 13.7. The number of hydrogen-bond donors (Lipinski definition) is 4. The third kappa shape index (κ3) is 6.08. The molecule has 0 aliphatic heterocycles. The van der Waals surface area contributed by atoms with Crippen LogP contribution in [0.5, 0.6) is 0 Å². The molecule has 5 N–H and O–H groups in total. The van der Waals surface area contributed by atoms with Gasteiger partial charge in [0.2, 0.25) is 0 Å². The summed E-state index contributed by atoms with van der Waals surface area (Å²) in [7, 11) is 0. The Bertz CT molecular complexity index is 850. The van der Waals surface area contributed by atoms with E-state index in [0.29, 0.717) is 16.7 Å². The normalized spacial score (nSPS) is 10.4. The maximum atomic E-state index is 12.1. The minimum Gasteiger partial charge on any atom is -0.339 e. The highest BCUT2D eigenvalue weighted by atomic mass is 16.5. The molecule has 0 aliphatic carbocycles. The lowest BCUT2D eigenvalue weighted by molar-refractivity contribution is -0.130. The highest BCUT2D eigenvalue weighted by Gasteiger charge is 2.19. The SMILES string of the molecule is C.NC[C@H](NC(=O)c1ccc(C#Cc2ccc(C=O)cc2)cc1)C(=O)NO. The zero-order chi connectivity index (χ0) is 18.9. The predicted molar refractivity (Wildman–Crippen MR) is 101 cm³/mol. The van der Waals surface area contributed by atoms with Gasteiger partial charge in [-0.3, -0.25) is 19.6 Å². The molecule has 140 valence electrons. The number of carbonyl (C=O) groups is 3. The van der Waals surface area contributed by atoms with E-state index in [1.54, 1.807) is 48.5 Å². The topological polar surface area (TPSA) is 122 Å². The van der Waals surface area contributed by atoms with Crippen LogP contribution in [0.1, 0.15) is 39.3 Å². The molecule has 0 saturated heterocycles. The van der Waals surface area contributed by atoms with E-state index in [1.165, 1.54) is 5.48 Å². The van der Waals surface area contributed by atoms with Gasteiger partial charge in [0, 0.05) is 28.8 Å². The van der Waals surface area contributed by atoms with E-state index in [2.05, 4.69) is 17.2 Å². The minimum atomic E-state index is -1.03. The van der Waals surface area contributed by atoms with Crippen molar-refractivity contribution in [3.63, 3.8) is 0 Å². The van der Waals surface area contributed by atoms with Gasteiger partial charge in [-0.1, -0.05) is 31.4 Å². The lowest BCUT2D eigenvalue weighted by Gasteiger charge is -2.14. The van der Waals surface area contributed by atoms with Crippen LogP contribution in [0.3, 0.4) is 0 Å². The van der Waals surface area contributed by atoms with Crippen molar-refractivity contribution < 1.29 is 19.6 Å². The second-order valence-electron chi connectivity index (χ2n) is 5.31. The number of nitrogens with two attached hydrogens (primary N) is 1. The third-order valence-corrected chi connectivity index (χ3v) is 3.51. The van der Waals surface area contributed by atoms with Gasteiger partial charge in [-0.25, -0.2) is 5.48 Å². The number of aldehydes is 1. The van der Waals surface area contributed by atoms with Crippen molar-refractivity contribution in [3.05, 3.63) is 70.8 Å². The largest absolute Gasteiger partial charge is 0.339 e. The molecule has 1 atom stereocenters. The van der Waals surface area contributed by atoms with Crippen LogP contribution >= 0.6 is 0 Å². The Morgan fingerprint density at radius 2 is 1.56 bits per heavy atom. The van der Waals surface area contributed by atoms with Crippen molar-refractivity contribution in [1.82, 2.24) is 10.8 Å². The molecule has 0 fully saturated rings. The number of hydrogen-bond acceptors (Lipinski definition) is 5. The van der Waals surface area contributed by atoms with Crippen LogP contribution in [0.2, 0.25) is 0 Å². The highest BCUT2D eigenvalue weighted by Crippen LogP contribution is 2.05. The van der Waals surface area contributed by atoms with E-state index in [-0.39, 0.29) is 14.0 Å². The molecule has 2 amide bonds. The first-order valence-electron chi connectivity index (χ1n) is 7.69. The van der Waals surface area contributed by atoms with Crippen LogP contribution in [-0.2, 0) is 4.79 Å². The molecule has 7 nitrogen and oxygen atoms in total. The van der Waals surface area contributed by atoms with Gasteiger partial charge in [0.1, 0.15) is 12.3 Å². The van der Waals surface area contributed by atoms with Crippen molar-refractivity contribution in [2.75, 3.05) is 6.54 Å². The van der Waals surface area contributed by atoms with Crippen LogP contribution < -0.4 is 16.5 Å².